The van der Waals surface area contributed by atoms with Crippen molar-refractivity contribution in [1.29, 1.82) is 0 Å². The van der Waals surface area contributed by atoms with Crippen LogP contribution in [0.5, 0.6) is 0 Å². The lowest BCUT2D eigenvalue weighted by Gasteiger charge is -2.22. The van der Waals surface area contributed by atoms with E-state index in [1.165, 1.54) is 0 Å². The van der Waals surface area contributed by atoms with Crippen LogP contribution in [0.2, 0.25) is 0 Å². The van der Waals surface area contributed by atoms with Crippen molar-refractivity contribution >= 4 is 11.7 Å². The summed E-state index contributed by atoms with van der Waals surface area (Å²) in [7, 11) is 0. The summed E-state index contributed by atoms with van der Waals surface area (Å²) >= 11 is 0. The zero-order chi connectivity index (χ0) is 17.8. The Bertz CT molecular complexity index is 865. The predicted molar refractivity (Wildman–Crippen MR) is 96.9 cm³/mol. The van der Waals surface area contributed by atoms with Crippen molar-refractivity contribution in [2.45, 2.75) is 25.4 Å². The van der Waals surface area contributed by atoms with Gasteiger partial charge in [-0.3, -0.25) is 19.1 Å². The number of rotatable bonds is 5. The van der Waals surface area contributed by atoms with E-state index in [1.807, 2.05) is 29.2 Å². The van der Waals surface area contributed by atoms with Crippen LogP contribution in [-0.2, 0) is 6.54 Å². The second-order valence-corrected chi connectivity index (χ2v) is 6.39. The summed E-state index contributed by atoms with van der Waals surface area (Å²) in [5, 5.41) is 15.0. The Balaban J connectivity index is 1.38. The number of hydrogen-bond donors (Lipinski definition) is 2. The van der Waals surface area contributed by atoms with E-state index in [-0.39, 0.29) is 5.91 Å². The highest BCUT2D eigenvalue weighted by atomic mass is 16.2. The van der Waals surface area contributed by atoms with E-state index < -0.39 is 0 Å². The predicted octanol–water partition coefficient (Wildman–Crippen LogP) is 1.70. The van der Waals surface area contributed by atoms with Crippen molar-refractivity contribution in [3.05, 3.63) is 60.3 Å². The molecule has 1 aliphatic rings. The summed E-state index contributed by atoms with van der Waals surface area (Å²) in [4.78, 5) is 16.4. The van der Waals surface area contributed by atoms with Crippen molar-refractivity contribution in [2.75, 3.05) is 18.4 Å². The molecule has 3 aromatic rings. The van der Waals surface area contributed by atoms with Crippen LogP contribution in [0.25, 0.3) is 0 Å². The topological polar surface area (TPSA) is 89.7 Å². The number of carbonyl (C=O) groups excluding carboxylic acids is 1. The van der Waals surface area contributed by atoms with Gasteiger partial charge in [-0.25, -0.2) is 0 Å². The second-order valence-electron chi connectivity index (χ2n) is 6.39. The molecule has 3 aromatic heterocycles. The van der Waals surface area contributed by atoms with Crippen LogP contribution >= 0.6 is 0 Å². The molecule has 1 fully saturated rings. The molecular weight excluding hydrogens is 330 g/mol. The highest BCUT2D eigenvalue weighted by Crippen LogP contribution is 2.16. The van der Waals surface area contributed by atoms with Gasteiger partial charge >= 0.3 is 0 Å². The van der Waals surface area contributed by atoms with Crippen molar-refractivity contribution < 1.29 is 4.79 Å². The Hall–Kier alpha value is -3.00. The lowest BCUT2D eigenvalue weighted by atomic mass is 10.1. The summed E-state index contributed by atoms with van der Waals surface area (Å²) in [6.45, 7) is 2.57. The lowest BCUT2D eigenvalue weighted by molar-refractivity contribution is 0.102. The minimum atomic E-state index is -0.248. The van der Waals surface area contributed by atoms with Crippen LogP contribution in [0.3, 0.4) is 0 Å². The Labute approximate surface area is 151 Å². The van der Waals surface area contributed by atoms with Crippen LogP contribution in [0.1, 0.15) is 34.9 Å². The molecule has 26 heavy (non-hydrogen) atoms. The fourth-order valence-corrected chi connectivity index (χ4v) is 3.09. The van der Waals surface area contributed by atoms with Crippen molar-refractivity contribution in [2.24, 2.45) is 0 Å². The van der Waals surface area contributed by atoms with E-state index in [1.54, 1.807) is 29.2 Å². The molecule has 1 aliphatic heterocycles. The van der Waals surface area contributed by atoms with Crippen LogP contribution in [-0.4, -0.2) is 43.5 Å². The summed E-state index contributed by atoms with van der Waals surface area (Å²) in [5.41, 5.74) is 1.50. The van der Waals surface area contributed by atoms with Crippen LogP contribution in [0, 0.1) is 0 Å². The Morgan fingerprint density at radius 3 is 2.88 bits per heavy atom. The smallest absolute Gasteiger partial charge is 0.277 e. The first-order valence-electron chi connectivity index (χ1n) is 8.77. The summed E-state index contributed by atoms with van der Waals surface area (Å²) in [5.74, 6) is 0.264. The van der Waals surface area contributed by atoms with E-state index >= 15 is 0 Å². The molecule has 0 radical (unpaired) electrons. The summed E-state index contributed by atoms with van der Waals surface area (Å²) in [6, 6.07) is 7.71. The maximum atomic E-state index is 12.4. The van der Waals surface area contributed by atoms with Gasteiger partial charge in [0.2, 0.25) is 0 Å². The van der Waals surface area contributed by atoms with Gasteiger partial charge < -0.3 is 10.6 Å². The lowest BCUT2D eigenvalue weighted by Crippen LogP contribution is -2.32. The fraction of sp³-hybridized carbons (Fsp3) is 0.333. The molecule has 1 saturated heterocycles. The van der Waals surface area contributed by atoms with E-state index in [0.29, 0.717) is 24.1 Å². The maximum absolute atomic E-state index is 12.4. The number of nitrogens with one attached hydrogen (secondary N) is 2. The van der Waals surface area contributed by atoms with E-state index in [4.69, 9.17) is 0 Å². The standard InChI is InChI=1S/C18H21N7O/c26-18(16-5-11-25(22-16)15-2-1-7-20-12-15)21-17-6-10-24(23-17)13-14-3-8-19-9-4-14/h3-6,8-11,15,20H,1-2,7,12-13H2,(H,21,23,26). The average molecular weight is 351 g/mol. The van der Waals surface area contributed by atoms with Gasteiger partial charge in [-0.1, -0.05) is 0 Å². The van der Waals surface area contributed by atoms with E-state index in [0.717, 1.165) is 31.5 Å². The minimum absolute atomic E-state index is 0.248. The Kier molecular flexibility index (Phi) is 4.74. The second kappa shape index (κ2) is 7.49. The molecule has 0 aromatic carbocycles. The molecule has 2 N–H and O–H groups in total. The molecule has 4 rings (SSSR count). The molecule has 4 heterocycles. The van der Waals surface area contributed by atoms with Crippen molar-refractivity contribution in [3.63, 3.8) is 0 Å². The van der Waals surface area contributed by atoms with Crippen molar-refractivity contribution in [1.82, 2.24) is 29.9 Å². The first-order chi connectivity index (χ1) is 12.8. The van der Waals surface area contributed by atoms with Gasteiger partial charge in [0.25, 0.3) is 5.91 Å². The third kappa shape index (κ3) is 3.80. The van der Waals surface area contributed by atoms with E-state index in [9.17, 15) is 4.79 Å². The minimum Gasteiger partial charge on any atom is -0.315 e. The Morgan fingerprint density at radius 1 is 1.19 bits per heavy atom. The number of nitrogens with zero attached hydrogens (tertiary/aromatic N) is 5. The number of anilines is 1. The van der Waals surface area contributed by atoms with Gasteiger partial charge in [-0.05, 0) is 43.1 Å². The first-order valence-corrected chi connectivity index (χ1v) is 8.77. The molecule has 8 nitrogen and oxygen atoms in total. The average Bonchev–Trinajstić information content (AvgIpc) is 3.33. The van der Waals surface area contributed by atoms with Gasteiger partial charge in [0.15, 0.2) is 11.5 Å². The molecule has 1 atom stereocenters. The quantitative estimate of drug-likeness (QED) is 0.730. The van der Waals surface area contributed by atoms with Gasteiger partial charge in [0, 0.05) is 37.4 Å². The molecule has 1 amide bonds. The van der Waals surface area contributed by atoms with Gasteiger partial charge in [-0.2, -0.15) is 10.2 Å². The van der Waals surface area contributed by atoms with Gasteiger partial charge in [0.1, 0.15) is 0 Å². The molecule has 1 unspecified atom stereocenters. The monoisotopic (exact) mass is 351 g/mol. The number of piperidine rings is 1. The molecule has 0 saturated carbocycles. The number of amides is 1. The maximum Gasteiger partial charge on any atom is 0.277 e. The summed E-state index contributed by atoms with van der Waals surface area (Å²) in [6.07, 6.45) is 9.41. The Morgan fingerprint density at radius 2 is 2.08 bits per heavy atom. The van der Waals surface area contributed by atoms with Gasteiger partial charge in [-0.15, -0.1) is 0 Å². The molecule has 0 aliphatic carbocycles. The zero-order valence-corrected chi connectivity index (χ0v) is 14.4. The van der Waals surface area contributed by atoms with Crippen LogP contribution < -0.4 is 10.6 Å². The normalized spacial score (nSPS) is 17.2. The molecule has 134 valence electrons. The molecular formula is C18H21N7O. The highest BCUT2D eigenvalue weighted by molar-refractivity contribution is 6.02. The highest BCUT2D eigenvalue weighted by Gasteiger charge is 2.18. The fourth-order valence-electron chi connectivity index (χ4n) is 3.09. The first kappa shape index (κ1) is 16.5. The van der Waals surface area contributed by atoms with E-state index in [2.05, 4.69) is 25.8 Å². The molecule has 0 spiro atoms. The largest absolute Gasteiger partial charge is 0.315 e. The van der Waals surface area contributed by atoms with Crippen molar-refractivity contribution in [3.8, 4) is 0 Å². The van der Waals surface area contributed by atoms with Crippen LogP contribution in [0.4, 0.5) is 5.82 Å². The zero-order valence-electron chi connectivity index (χ0n) is 14.4. The number of hydrogen-bond acceptors (Lipinski definition) is 5. The number of carbonyl (C=O) groups is 1. The third-order valence-electron chi connectivity index (χ3n) is 4.46. The van der Waals surface area contributed by atoms with Crippen LogP contribution in [0.15, 0.2) is 49.1 Å². The number of aromatic nitrogens is 5. The summed E-state index contributed by atoms with van der Waals surface area (Å²) < 4.78 is 3.65. The number of pyridine rings is 1. The molecule has 8 heteroatoms. The molecule has 0 bridgehead atoms. The SMILES string of the molecule is O=C(Nc1ccn(Cc2ccncc2)n1)c1ccn(C2CCCNC2)n1. The third-order valence-corrected chi connectivity index (χ3v) is 4.46. The van der Waals surface area contributed by atoms with Gasteiger partial charge in [0.05, 0.1) is 12.6 Å².